The first kappa shape index (κ1) is 7.67. The van der Waals surface area contributed by atoms with Gasteiger partial charge in [-0.1, -0.05) is 18.2 Å². The molecule has 0 radical (unpaired) electrons. The van der Waals surface area contributed by atoms with E-state index in [1.54, 1.807) is 0 Å². The van der Waals surface area contributed by atoms with Crippen LogP contribution < -0.4 is 0 Å². The van der Waals surface area contributed by atoms with E-state index in [1.807, 2.05) is 18.2 Å². The van der Waals surface area contributed by atoms with Crippen LogP contribution in [0.2, 0.25) is 0 Å². The molecule has 1 aliphatic rings. The summed E-state index contributed by atoms with van der Waals surface area (Å²) < 4.78 is 0. The van der Waals surface area contributed by atoms with Crippen molar-refractivity contribution in [1.29, 1.82) is 0 Å². The molecule has 1 rings (SSSR count). The summed E-state index contributed by atoms with van der Waals surface area (Å²) in [6.45, 7) is 0. The van der Waals surface area contributed by atoms with Crippen molar-refractivity contribution in [3.63, 3.8) is 0 Å². The molecule has 50 valence electrons. The van der Waals surface area contributed by atoms with Crippen LogP contribution in [0.4, 0.5) is 0 Å². The van der Waals surface area contributed by atoms with Crippen LogP contribution in [-0.2, 0) is 0 Å². The van der Waals surface area contributed by atoms with Crippen LogP contribution in [0.15, 0.2) is 23.4 Å². The first-order valence-electron chi connectivity index (χ1n) is 2.53. The average molecular weight is 200 g/mol. The lowest BCUT2D eigenvalue weighted by molar-refractivity contribution is 1.40. The monoisotopic (exact) mass is 198 g/mol. The van der Waals surface area contributed by atoms with Crippen LogP contribution in [0.3, 0.4) is 0 Å². The van der Waals surface area contributed by atoms with Gasteiger partial charge in [0.1, 0.15) is 0 Å². The molecule has 0 aromatic rings. The molecule has 0 heterocycles. The molecule has 0 nitrogen and oxygen atoms in total. The zero-order chi connectivity index (χ0) is 6.91. The van der Waals surface area contributed by atoms with Gasteiger partial charge < -0.3 is 0 Å². The molecule has 0 fully saturated rings. The molecule has 0 aromatic carbocycles. The molecule has 0 atom stereocenters. The van der Waals surface area contributed by atoms with E-state index in [-0.39, 0.29) is 0 Å². The van der Waals surface area contributed by atoms with Gasteiger partial charge in [-0.3, -0.25) is 0 Å². The summed E-state index contributed by atoms with van der Waals surface area (Å²) in [5, 5.41) is 0.979. The highest BCUT2D eigenvalue weighted by atomic mass is 35.8. The largest absolute Gasteiger partial charge is 0.369 e. The van der Waals surface area contributed by atoms with Gasteiger partial charge in [-0.25, -0.2) is 0 Å². The predicted molar refractivity (Wildman–Crippen MR) is 45.2 cm³/mol. The van der Waals surface area contributed by atoms with E-state index in [2.05, 4.69) is 0 Å². The summed E-state index contributed by atoms with van der Waals surface area (Å²) in [5.74, 6) is 0. The standard InChI is InChI=1S/C5H5Cl3Si/c6-9(7,8)5-3-1-2-4-5/h1-3H,4H2. The molecule has 0 N–H and O–H groups in total. The van der Waals surface area contributed by atoms with E-state index in [1.165, 1.54) is 0 Å². The fraction of sp³-hybridized carbons (Fsp3) is 0.200. The lowest BCUT2D eigenvalue weighted by Crippen LogP contribution is -2.12. The molecule has 1 aliphatic carbocycles. The Hall–Kier alpha value is 0.567. The minimum Gasteiger partial charge on any atom is -0.121 e. The van der Waals surface area contributed by atoms with Gasteiger partial charge in [-0.05, 0) is 11.6 Å². The maximum Gasteiger partial charge on any atom is 0.369 e. The molecule has 0 bridgehead atoms. The molecule has 0 unspecified atom stereocenters. The fourth-order valence-electron chi connectivity index (χ4n) is 0.657. The van der Waals surface area contributed by atoms with Gasteiger partial charge >= 0.3 is 6.00 Å². The van der Waals surface area contributed by atoms with Crippen molar-refractivity contribution in [1.82, 2.24) is 0 Å². The SMILES string of the molecule is Cl[Si](Cl)(Cl)C1=CC=CC1. The maximum absolute atomic E-state index is 5.70. The second-order valence-corrected chi connectivity index (χ2v) is 10.3. The summed E-state index contributed by atoms with van der Waals surface area (Å²) in [4.78, 5) is 0. The van der Waals surface area contributed by atoms with Crippen LogP contribution >= 0.6 is 33.2 Å². The highest BCUT2D eigenvalue weighted by molar-refractivity contribution is 7.67. The molecule has 4 heteroatoms. The van der Waals surface area contributed by atoms with Gasteiger partial charge in [0.2, 0.25) is 0 Å². The second-order valence-electron chi connectivity index (χ2n) is 1.82. The lowest BCUT2D eigenvalue weighted by Gasteiger charge is -2.06. The lowest BCUT2D eigenvalue weighted by atomic mass is 10.5. The van der Waals surface area contributed by atoms with Crippen LogP contribution in [0.25, 0.3) is 0 Å². The van der Waals surface area contributed by atoms with Gasteiger partial charge in [0.15, 0.2) is 0 Å². The quantitative estimate of drug-likeness (QED) is 0.450. The van der Waals surface area contributed by atoms with Crippen molar-refractivity contribution in [2.75, 3.05) is 0 Å². The van der Waals surface area contributed by atoms with Crippen LogP contribution in [0.1, 0.15) is 6.42 Å². The summed E-state index contributed by atoms with van der Waals surface area (Å²) in [6, 6.07) is -2.51. The topological polar surface area (TPSA) is 0 Å². The van der Waals surface area contributed by atoms with E-state index >= 15 is 0 Å². The van der Waals surface area contributed by atoms with E-state index in [4.69, 9.17) is 33.2 Å². The van der Waals surface area contributed by atoms with E-state index in [9.17, 15) is 0 Å². The molecular formula is C5H5Cl3Si. The normalized spacial score (nSPS) is 18.3. The third kappa shape index (κ3) is 2.01. The maximum atomic E-state index is 5.70. The number of halogens is 3. The Bertz CT molecular complexity index is 166. The van der Waals surface area contributed by atoms with E-state index in [0.717, 1.165) is 11.6 Å². The van der Waals surface area contributed by atoms with Gasteiger partial charge in [0, 0.05) is 0 Å². The molecule has 9 heavy (non-hydrogen) atoms. The number of hydrogen-bond acceptors (Lipinski definition) is 0. The first-order valence-corrected chi connectivity index (χ1v) is 7.57. The van der Waals surface area contributed by atoms with Crippen molar-refractivity contribution in [2.45, 2.75) is 6.42 Å². The summed E-state index contributed by atoms with van der Waals surface area (Å²) in [5.41, 5.74) is 0. The van der Waals surface area contributed by atoms with Crippen molar-refractivity contribution in [3.05, 3.63) is 23.4 Å². The Kier molecular flexibility index (Phi) is 2.27. The Balaban J connectivity index is 2.66. The van der Waals surface area contributed by atoms with Crippen molar-refractivity contribution in [3.8, 4) is 0 Å². The average Bonchev–Trinajstić information content (AvgIpc) is 2.08. The highest BCUT2D eigenvalue weighted by Crippen LogP contribution is 2.32. The Morgan fingerprint density at radius 3 is 2.22 bits per heavy atom. The van der Waals surface area contributed by atoms with Gasteiger partial charge in [-0.15, -0.1) is 33.2 Å². The van der Waals surface area contributed by atoms with E-state index in [0.29, 0.717) is 0 Å². The fourth-order valence-corrected chi connectivity index (χ4v) is 2.55. The van der Waals surface area contributed by atoms with Gasteiger partial charge in [0.25, 0.3) is 0 Å². The Labute approximate surface area is 69.2 Å². The number of allylic oxidation sites excluding steroid dienone is 4. The zero-order valence-electron chi connectivity index (χ0n) is 4.57. The summed E-state index contributed by atoms with van der Waals surface area (Å²) in [6.07, 6.45) is 6.62. The smallest absolute Gasteiger partial charge is 0.121 e. The molecule has 0 saturated carbocycles. The zero-order valence-corrected chi connectivity index (χ0v) is 7.84. The molecule has 0 saturated heterocycles. The summed E-state index contributed by atoms with van der Waals surface area (Å²) in [7, 11) is 0. The predicted octanol–water partition coefficient (Wildman–Crippen LogP) is 3.07. The number of hydrogen-bond donors (Lipinski definition) is 0. The van der Waals surface area contributed by atoms with Crippen molar-refractivity contribution in [2.24, 2.45) is 0 Å². The number of rotatable bonds is 1. The van der Waals surface area contributed by atoms with Crippen LogP contribution in [0, 0.1) is 0 Å². The van der Waals surface area contributed by atoms with E-state index < -0.39 is 6.00 Å². The Morgan fingerprint density at radius 1 is 1.33 bits per heavy atom. The third-order valence-corrected chi connectivity index (χ3v) is 4.42. The summed E-state index contributed by atoms with van der Waals surface area (Å²) >= 11 is 17.1. The molecule has 0 spiro atoms. The highest BCUT2D eigenvalue weighted by Gasteiger charge is 2.30. The molecular weight excluding hydrogens is 194 g/mol. The second kappa shape index (κ2) is 2.66. The minimum absolute atomic E-state index is 0.822. The molecule has 0 aromatic heterocycles. The van der Waals surface area contributed by atoms with Crippen molar-refractivity contribution >= 4 is 39.2 Å². The third-order valence-electron chi connectivity index (χ3n) is 1.14. The van der Waals surface area contributed by atoms with Gasteiger partial charge in [-0.2, -0.15) is 0 Å². The van der Waals surface area contributed by atoms with Gasteiger partial charge in [0.05, 0.1) is 0 Å². The van der Waals surface area contributed by atoms with Crippen molar-refractivity contribution < 1.29 is 0 Å². The Morgan fingerprint density at radius 2 is 2.00 bits per heavy atom. The molecule has 0 aliphatic heterocycles. The first-order chi connectivity index (χ1) is 4.11. The molecule has 0 amide bonds. The van der Waals surface area contributed by atoms with Crippen LogP contribution in [-0.4, -0.2) is 6.00 Å². The minimum atomic E-state index is -2.51. The van der Waals surface area contributed by atoms with Crippen LogP contribution in [0.5, 0.6) is 0 Å².